The van der Waals surface area contributed by atoms with Crippen LogP contribution < -0.4 is 10.6 Å². The molecule has 0 spiro atoms. The van der Waals surface area contributed by atoms with Crippen LogP contribution in [0.3, 0.4) is 0 Å². The van der Waals surface area contributed by atoms with Gasteiger partial charge in [-0.05, 0) is 48.7 Å². The highest BCUT2D eigenvalue weighted by Crippen LogP contribution is 2.21. The smallest absolute Gasteiger partial charge is 0.255 e. The first-order valence-corrected chi connectivity index (χ1v) is 9.49. The average Bonchev–Trinajstić information content (AvgIpc) is 2.73. The molecule has 3 aromatic rings. The van der Waals surface area contributed by atoms with E-state index in [1.165, 1.54) is 5.56 Å². The minimum atomic E-state index is -0.313. The van der Waals surface area contributed by atoms with Crippen molar-refractivity contribution in [3.8, 4) is 0 Å². The maximum absolute atomic E-state index is 12.5. The molecule has 0 fully saturated rings. The summed E-state index contributed by atoms with van der Waals surface area (Å²) in [5.74, 6) is -0.507. The topological polar surface area (TPSA) is 58.2 Å². The lowest BCUT2D eigenvalue weighted by atomic mass is 10.1. The maximum Gasteiger partial charge on any atom is 0.255 e. The van der Waals surface area contributed by atoms with E-state index in [0.29, 0.717) is 28.4 Å². The molecule has 0 unspecified atom stereocenters. The number of halogens is 1. The minimum Gasteiger partial charge on any atom is -0.352 e. The monoisotopic (exact) mass is 392 g/mol. The fourth-order valence-electron chi connectivity index (χ4n) is 2.80. The molecule has 0 saturated carbocycles. The third-order valence-electron chi connectivity index (χ3n) is 4.28. The Balaban J connectivity index is 1.55. The third-order valence-corrected chi connectivity index (χ3v) is 4.61. The van der Waals surface area contributed by atoms with Crippen molar-refractivity contribution in [3.63, 3.8) is 0 Å². The third kappa shape index (κ3) is 5.44. The Morgan fingerprint density at radius 2 is 1.46 bits per heavy atom. The van der Waals surface area contributed by atoms with E-state index in [2.05, 4.69) is 22.8 Å². The van der Waals surface area contributed by atoms with E-state index < -0.39 is 0 Å². The van der Waals surface area contributed by atoms with E-state index in [4.69, 9.17) is 11.6 Å². The van der Waals surface area contributed by atoms with E-state index in [1.54, 1.807) is 48.5 Å². The summed E-state index contributed by atoms with van der Waals surface area (Å²) in [6.45, 7) is 0.573. The minimum absolute atomic E-state index is 0.194. The highest BCUT2D eigenvalue weighted by atomic mass is 35.5. The van der Waals surface area contributed by atoms with Crippen LogP contribution in [-0.2, 0) is 6.42 Å². The number of nitrogens with one attached hydrogen (secondary N) is 2. The van der Waals surface area contributed by atoms with Gasteiger partial charge >= 0.3 is 0 Å². The molecule has 0 aliphatic rings. The van der Waals surface area contributed by atoms with Gasteiger partial charge in [-0.1, -0.05) is 60.1 Å². The Bertz CT molecular complexity index is 958. The van der Waals surface area contributed by atoms with Crippen LogP contribution in [0.25, 0.3) is 0 Å². The van der Waals surface area contributed by atoms with Crippen molar-refractivity contribution in [2.24, 2.45) is 0 Å². The molecule has 4 nitrogen and oxygen atoms in total. The zero-order valence-electron chi connectivity index (χ0n) is 15.3. The summed E-state index contributed by atoms with van der Waals surface area (Å²) in [7, 11) is 0. The Morgan fingerprint density at radius 3 is 2.21 bits per heavy atom. The van der Waals surface area contributed by atoms with Crippen LogP contribution in [0.2, 0.25) is 5.02 Å². The number of hydrogen-bond acceptors (Lipinski definition) is 2. The SMILES string of the molecule is O=C(NCCCc1ccccc1)c1cccc(C(=O)Nc2ccccc2Cl)c1. The van der Waals surface area contributed by atoms with Gasteiger partial charge in [0, 0.05) is 17.7 Å². The Morgan fingerprint density at radius 1 is 0.786 bits per heavy atom. The van der Waals surface area contributed by atoms with Gasteiger partial charge in [0.15, 0.2) is 0 Å². The second-order valence-electron chi connectivity index (χ2n) is 6.36. The molecule has 2 N–H and O–H groups in total. The van der Waals surface area contributed by atoms with Crippen LogP contribution in [-0.4, -0.2) is 18.4 Å². The zero-order valence-corrected chi connectivity index (χ0v) is 16.1. The number of benzene rings is 3. The average molecular weight is 393 g/mol. The molecule has 0 atom stereocenters. The van der Waals surface area contributed by atoms with Crippen LogP contribution in [0.1, 0.15) is 32.7 Å². The Kier molecular flexibility index (Phi) is 6.82. The van der Waals surface area contributed by atoms with Crippen LogP contribution in [0.5, 0.6) is 0 Å². The van der Waals surface area contributed by atoms with Gasteiger partial charge in [0.1, 0.15) is 0 Å². The van der Waals surface area contributed by atoms with E-state index in [1.807, 2.05) is 18.2 Å². The first-order valence-electron chi connectivity index (χ1n) is 9.11. The molecule has 0 aliphatic carbocycles. The van der Waals surface area contributed by atoms with Crippen molar-refractivity contribution in [1.29, 1.82) is 0 Å². The molecule has 5 heteroatoms. The molecule has 0 aromatic heterocycles. The van der Waals surface area contributed by atoms with Gasteiger partial charge < -0.3 is 10.6 Å². The fourth-order valence-corrected chi connectivity index (χ4v) is 2.98. The van der Waals surface area contributed by atoms with Crippen LogP contribution >= 0.6 is 11.6 Å². The molecule has 0 radical (unpaired) electrons. The molecule has 2 amide bonds. The van der Waals surface area contributed by atoms with Gasteiger partial charge in [-0.2, -0.15) is 0 Å². The molecule has 0 aliphatic heterocycles. The summed E-state index contributed by atoms with van der Waals surface area (Å²) in [5.41, 5.74) is 2.63. The number of aryl methyl sites for hydroxylation is 1. The first kappa shape index (κ1) is 19.6. The molecule has 3 rings (SSSR count). The number of carbonyl (C=O) groups is 2. The van der Waals surface area contributed by atoms with Gasteiger partial charge in [0.2, 0.25) is 0 Å². The fraction of sp³-hybridized carbons (Fsp3) is 0.130. The van der Waals surface area contributed by atoms with E-state index in [9.17, 15) is 9.59 Å². The highest BCUT2D eigenvalue weighted by molar-refractivity contribution is 6.33. The lowest BCUT2D eigenvalue weighted by Gasteiger charge is -2.09. The van der Waals surface area contributed by atoms with E-state index >= 15 is 0 Å². The largest absolute Gasteiger partial charge is 0.352 e. The number of carbonyl (C=O) groups excluding carboxylic acids is 2. The van der Waals surface area contributed by atoms with Crippen molar-refractivity contribution in [2.75, 3.05) is 11.9 Å². The lowest BCUT2D eigenvalue weighted by Crippen LogP contribution is -2.25. The predicted molar refractivity (Wildman–Crippen MR) is 113 cm³/mol. The highest BCUT2D eigenvalue weighted by Gasteiger charge is 2.11. The van der Waals surface area contributed by atoms with Crippen LogP contribution in [0.4, 0.5) is 5.69 Å². The van der Waals surface area contributed by atoms with Gasteiger partial charge in [0.05, 0.1) is 10.7 Å². The number of amides is 2. The number of rotatable bonds is 7. The predicted octanol–water partition coefficient (Wildman–Crippen LogP) is 4.95. The van der Waals surface area contributed by atoms with Crippen molar-refractivity contribution >= 4 is 29.1 Å². The van der Waals surface area contributed by atoms with Crippen LogP contribution in [0.15, 0.2) is 78.9 Å². The molecule has 3 aromatic carbocycles. The van der Waals surface area contributed by atoms with Gasteiger partial charge in [-0.3, -0.25) is 9.59 Å². The van der Waals surface area contributed by atoms with Gasteiger partial charge in [-0.25, -0.2) is 0 Å². The molecule has 142 valence electrons. The number of para-hydroxylation sites is 1. The standard InChI is InChI=1S/C23H21ClN2O2/c24-20-13-4-5-14-21(20)26-23(28)19-12-6-11-18(16-19)22(27)25-15-7-10-17-8-2-1-3-9-17/h1-6,8-9,11-14,16H,7,10,15H2,(H,25,27)(H,26,28). The summed E-state index contributed by atoms with van der Waals surface area (Å²) in [6.07, 6.45) is 1.75. The van der Waals surface area contributed by atoms with Crippen molar-refractivity contribution in [3.05, 3.63) is 101 Å². The summed E-state index contributed by atoms with van der Waals surface area (Å²) in [4.78, 5) is 24.8. The van der Waals surface area contributed by atoms with Crippen molar-refractivity contribution in [1.82, 2.24) is 5.32 Å². The summed E-state index contributed by atoms with van der Waals surface area (Å²) >= 11 is 6.07. The Labute approximate surface area is 169 Å². The maximum atomic E-state index is 12.5. The van der Waals surface area contributed by atoms with Crippen molar-refractivity contribution in [2.45, 2.75) is 12.8 Å². The zero-order chi connectivity index (χ0) is 19.8. The second kappa shape index (κ2) is 9.72. The molecule has 28 heavy (non-hydrogen) atoms. The van der Waals surface area contributed by atoms with Crippen molar-refractivity contribution < 1.29 is 9.59 Å². The quantitative estimate of drug-likeness (QED) is 0.558. The van der Waals surface area contributed by atoms with Gasteiger partial charge in [0.25, 0.3) is 11.8 Å². The summed E-state index contributed by atoms with van der Waals surface area (Å²) in [5, 5.41) is 6.12. The van der Waals surface area contributed by atoms with Crippen LogP contribution in [0, 0.1) is 0 Å². The second-order valence-corrected chi connectivity index (χ2v) is 6.77. The molecule has 0 bridgehead atoms. The number of hydrogen-bond donors (Lipinski definition) is 2. The summed E-state index contributed by atoms with van der Waals surface area (Å²) in [6, 6.07) is 23.8. The molecular weight excluding hydrogens is 372 g/mol. The van der Waals surface area contributed by atoms with E-state index in [-0.39, 0.29) is 11.8 Å². The molecule has 0 saturated heterocycles. The van der Waals surface area contributed by atoms with Gasteiger partial charge in [-0.15, -0.1) is 0 Å². The molecule has 0 heterocycles. The first-order chi connectivity index (χ1) is 13.6. The summed E-state index contributed by atoms with van der Waals surface area (Å²) < 4.78 is 0. The normalized spacial score (nSPS) is 10.3. The Hall–Kier alpha value is -3.11. The number of anilines is 1. The molecular formula is C23H21ClN2O2. The lowest BCUT2D eigenvalue weighted by molar-refractivity contribution is 0.0953. The van der Waals surface area contributed by atoms with E-state index in [0.717, 1.165) is 12.8 Å².